The topological polar surface area (TPSA) is 48.4 Å². The summed E-state index contributed by atoms with van der Waals surface area (Å²) >= 11 is 1.76. The fraction of sp³-hybridized carbons (Fsp3) is 0.375. The molecule has 0 spiro atoms. The molecule has 0 aliphatic carbocycles. The molecule has 1 heterocycles. The summed E-state index contributed by atoms with van der Waals surface area (Å²) in [7, 11) is 1.67. The average molecular weight is 291 g/mol. The molecule has 1 aromatic carbocycles. The van der Waals surface area contributed by atoms with Gasteiger partial charge < -0.3 is 14.9 Å². The summed E-state index contributed by atoms with van der Waals surface area (Å²) in [6.45, 7) is 4.09. The Labute approximate surface area is 124 Å². The first-order valence-corrected chi connectivity index (χ1v) is 7.64. The van der Waals surface area contributed by atoms with Crippen LogP contribution in [0.2, 0.25) is 0 Å². The van der Waals surface area contributed by atoms with Gasteiger partial charge in [-0.25, -0.2) is 0 Å². The molecule has 0 amide bonds. The molecule has 0 bridgehead atoms. The van der Waals surface area contributed by atoms with E-state index >= 15 is 0 Å². The first-order chi connectivity index (χ1) is 9.65. The Balaban J connectivity index is 2.24. The van der Waals surface area contributed by atoms with Gasteiger partial charge in [0.2, 0.25) is 0 Å². The minimum absolute atomic E-state index is 0.0997. The highest BCUT2D eigenvalue weighted by Gasteiger charge is 2.21. The number of ether oxygens (including phenoxy) is 1. The second kappa shape index (κ2) is 6.86. The van der Waals surface area contributed by atoms with Gasteiger partial charge in [-0.3, -0.25) is 0 Å². The van der Waals surface area contributed by atoms with Gasteiger partial charge in [0.1, 0.15) is 11.5 Å². The Hall–Kier alpha value is -1.39. The Morgan fingerprint density at radius 2 is 1.95 bits per heavy atom. The lowest BCUT2D eigenvalue weighted by Crippen LogP contribution is -2.25. The summed E-state index contributed by atoms with van der Waals surface area (Å²) in [6.07, 6.45) is 2.65. The molecular formula is C16H21NO2S. The molecule has 2 atom stereocenters. The van der Waals surface area contributed by atoms with Crippen molar-refractivity contribution >= 4 is 11.8 Å². The zero-order valence-corrected chi connectivity index (χ0v) is 12.9. The van der Waals surface area contributed by atoms with Crippen LogP contribution in [0, 0.1) is 6.92 Å². The second-order valence-corrected chi connectivity index (χ2v) is 5.91. The quantitative estimate of drug-likeness (QED) is 0.812. The van der Waals surface area contributed by atoms with Gasteiger partial charge in [-0.1, -0.05) is 19.1 Å². The van der Waals surface area contributed by atoms with E-state index in [0.29, 0.717) is 0 Å². The smallest absolute Gasteiger partial charge is 0.118 e. The Morgan fingerprint density at radius 1 is 1.25 bits per heavy atom. The predicted molar refractivity (Wildman–Crippen MR) is 83.3 cm³/mol. The Kier molecular flexibility index (Phi) is 5.15. The molecular weight excluding hydrogens is 270 g/mol. The van der Waals surface area contributed by atoms with Crippen molar-refractivity contribution in [3.8, 4) is 5.75 Å². The van der Waals surface area contributed by atoms with Crippen LogP contribution in [0.25, 0.3) is 0 Å². The molecule has 2 aromatic rings. The summed E-state index contributed by atoms with van der Waals surface area (Å²) in [5.74, 6) is 1.80. The maximum absolute atomic E-state index is 6.30. The van der Waals surface area contributed by atoms with Gasteiger partial charge in [-0.15, -0.1) is 11.8 Å². The van der Waals surface area contributed by atoms with Crippen molar-refractivity contribution < 1.29 is 9.15 Å². The molecule has 0 saturated heterocycles. The Bertz CT molecular complexity index is 536. The van der Waals surface area contributed by atoms with E-state index in [2.05, 4.69) is 19.1 Å². The number of rotatable bonds is 6. The number of benzene rings is 1. The summed E-state index contributed by atoms with van der Waals surface area (Å²) < 4.78 is 10.6. The van der Waals surface area contributed by atoms with Crippen LogP contribution in [0.3, 0.4) is 0 Å². The molecule has 2 N–H and O–H groups in total. The highest BCUT2D eigenvalue weighted by molar-refractivity contribution is 7.99. The van der Waals surface area contributed by atoms with Crippen LogP contribution in [-0.2, 0) is 0 Å². The van der Waals surface area contributed by atoms with Gasteiger partial charge in [0, 0.05) is 16.2 Å². The van der Waals surface area contributed by atoms with Crippen molar-refractivity contribution in [2.24, 2.45) is 5.73 Å². The molecule has 0 saturated carbocycles. The van der Waals surface area contributed by atoms with Crippen LogP contribution < -0.4 is 10.5 Å². The molecule has 3 nitrogen and oxygen atoms in total. The van der Waals surface area contributed by atoms with Crippen LogP contribution >= 0.6 is 11.8 Å². The zero-order valence-electron chi connectivity index (χ0n) is 12.1. The lowest BCUT2D eigenvalue weighted by atomic mass is 10.0. The number of hydrogen-bond donors (Lipinski definition) is 1. The molecule has 108 valence electrons. The molecule has 0 radical (unpaired) electrons. The molecule has 0 fully saturated rings. The highest BCUT2D eigenvalue weighted by Crippen LogP contribution is 2.40. The summed E-state index contributed by atoms with van der Waals surface area (Å²) in [5.41, 5.74) is 7.52. The van der Waals surface area contributed by atoms with E-state index in [-0.39, 0.29) is 11.3 Å². The standard InChI is InChI=1S/C16H21NO2S/c1-4-14(17)16(20-15-9-10-19-11(15)2)12-5-7-13(18-3)8-6-12/h5-10,14,16H,4,17H2,1-3H3. The van der Waals surface area contributed by atoms with Gasteiger partial charge >= 0.3 is 0 Å². The highest BCUT2D eigenvalue weighted by atomic mass is 32.2. The van der Waals surface area contributed by atoms with Crippen molar-refractivity contribution in [3.63, 3.8) is 0 Å². The fourth-order valence-corrected chi connectivity index (χ4v) is 3.32. The molecule has 0 aliphatic rings. The van der Waals surface area contributed by atoms with E-state index in [0.717, 1.165) is 22.8 Å². The summed E-state index contributed by atoms with van der Waals surface area (Å²) in [5, 5.41) is 0.210. The van der Waals surface area contributed by atoms with Crippen molar-refractivity contribution in [1.29, 1.82) is 0 Å². The van der Waals surface area contributed by atoms with E-state index < -0.39 is 0 Å². The fourth-order valence-electron chi connectivity index (χ4n) is 2.04. The maximum atomic E-state index is 6.30. The number of aryl methyl sites for hydroxylation is 1. The second-order valence-electron chi connectivity index (χ2n) is 4.72. The van der Waals surface area contributed by atoms with E-state index in [1.54, 1.807) is 25.1 Å². The number of methoxy groups -OCH3 is 1. The van der Waals surface area contributed by atoms with E-state index in [9.17, 15) is 0 Å². The van der Waals surface area contributed by atoms with E-state index in [1.165, 1.54) is 5.56 Å². The lowest BCUT2D eigenvalue weighted by Gasteiger charge is -2.23. The van der Waals surface area contributed by atoms with Crippen LogP contribution in [0.5, 0.6) is 5.75 Å². The SMILES string of the molecule is CCC(N)C(Sc1ccoc1C)c1ccc(OC)cc1. The molecule has 0 aliphatic heterocycles. The van der Waals surface area contributed by atoms with Crippen molar-refractivity contribution in [1.82, 2.24) is 0 Å². The average Bonchev–Trinajstić information content (AvgIpc) is 2.89. The monoisotopic (exact) mass is 291 g/mol. The van der Waals surface area contributed by atoms with E-state index in [4.69, 9.17) is 14.9 Å². The van der Waals surface area contributed by atoms with E-state index in [1.807, 2.05) is 25.1 Å². The molecule has 1 aromatic heterocycles. The molecule has 4 heteroatoms. The minimum Gasteiger partial charge on any atom is -0.497 e. The van der Waals surface area contributed by atoms with Gasteiger partial charge in [0.25, 0.3) is 0 Å². The van der Waals surface area contributed by atoms with Crippen LogP contribution in [0.4, 0.5) is 0 Å². The number of nitrogens with two attached hydrogens (primary N) is 1. The van der Waals surface area contributed by atoms with Crippen molar-refractivity contribution in [3.05, 3.63) is 47.9 Å². The van der Waals surface area contributed by atoms with Crippen LogP contribution in [-0.4, -0.2) is 13.2 Å². The number of thioether (sulfide) groups is 1. The van der Waals surface area contributed by atoms with Crippen LogP contribution in [0.1, 0.15) is 29.9 Å². The maximum Gasteiger partial charge on any atom is 0.118 e. The third-order valence-corrected chi connectivity index (χ3v) is 4.92. The lowest BCUT2D eigenvalue weighted by molar-refractivity contribution is 0.414. The first kappa shape index (κ1) is 15.0. The number of hydrogen-bond acceptors (Lipinski definition) is 4. The number of furan rings is 1. The Morgan fingerprint density at radius 3 is 2.45 bits per heavy atom. The molecule has 2 rings (SSSR count). The van der Waals surface area contributed by atoms with Crippen molar-refractivity contribution in [2.45, 2.75) is 36.5 Å². The van der Waals surface area contributed by atoms with Crippen LogP contribution in [0.15, 0.2) is 45.9 Å². The first-order valence-electron chi connectivity index (χ1n) is 6.76. The largest absolute Gasteiger partial charge is 0.497 e. The molecule has 20 heavy (non-hydrogen) atoms. The van der Waals surface area contributed by atoms with Crippen molar-refractivity contribution in [2.75, 3.05) is 7.11 Å². The summed E-state index contributed by atoms with van der Waals surface area (Å²) in [4.78, 5) is 1.15. The predicted octanol–water partition coefficient (Wildman–Crippen LogP) is 4.17. The van der Waals surface area contributed by atoms with Gasteiger partial charge in [0.05, 0.1) is 13.4 Å². The zero-order chi connectivity index (χ0) is 14.5. The summed E-state index contributed by atoms with van der Waals surface area (Å²) in [6, 6.07) is 10.2. The minimum atomic E-state index is 0.0997. The third-order valence-electron chi connectivity index (χ3n) is 3.37. The van der Waals surface area contributed by atoms with Gasteiger partial charge in [-0.2, -0.15) is 0 Å². The van der Waals surface area contributed by atoms with Gasteiger partial charge in [-0.05, 0) is 37.1 Å². The third kappa shape index (κ3) is 3.38. The molecule has 2 unspecified atom stereocenters. The van der Waals surface area contributed by atoms with Gasteiger partial charge in [0.15, 0.2) is 0 Å². The normalized spacial score (nSPS) is 14.0.